The highest BCUT2D eigenvalue weighted by Crippen LogP contribution is 2.39. The van der Waals surface area contributed by atoms with Crippen molar-refractivity contribution < 1.29 is 28.6 Å². The molecule has 1 heterocycles. The fraction of sp³-hybridized carbons (Fsp3) is 0.185. The van der Waals surface area contributed by atoms with Crippen LogP contribution in [0.25, 0.3) is 5.76 Å². The highest BCUT2D eigenvalue weighted by Gasteiger charge is 2.45. The number of aliphatic hydroxyl groups is 1. The van der Waals surface area contributed by atoms with E-state index >= 15 is 0 Å². The van der Waals surface area contributed by atoms with E-state index in [0.29, 0.717) is 29.0 Å². The monoisotopic (exact) mass is 461 g/mol. The van der Waals surface area contributed by atoms with E-state index in [2.05, 4.69) is 0 Å². The number of Topliss-reactive ketones (excluding diaryl/α,β-unsaturated/α-hetero) is 1. The van der Waals surface area contributed by atoms with E-state index in [1.165, 1.54) is 30.2 Å². The van der Waals surface area contributed by atoms with Gasteiger partial charge in [-0.15, -0.1) is 0 Å². The molecule has 1 amide bonds. The molecule has 0 saturated carbocycles. The lowest BCUT2D eigenvalue weighted by Gasteiger charge is -2.25. The fourth-order valence-corrected chi connectivity index (χ4v) is 4.17. The Bertz CT molecular complexity index is 1250. The summed E-state index contributed by atoms with van der Waals surface area (Å²) >= 11 is 0. The van der Waals surface area contributed by atoms with E-state index in [0.717, 1.165) is 5.56 Å². The van der Waals surface area contributed by atoms with Crippen molar-refractivity contribution in [1.82, 2.24) is 4.90 Å². The highest BCUT2D eigenvalue weighted by molar-refractivity contribution is 6.46. The molecule has 0 unspecified atom stereocenters. The molecule has 1 aliphatic heterocycles. The lowest BCUT2D eigenvalue weighted by atomic mass is 9.95. The third-order valence-corrected chi connectivity index (χ3v) is 5.84. The van der Waals surface area contributed by atoms with Crippen LogP contribution in [0.15, 0.2) is 78.4 Å². The number of benzene rings is 3. The molecule has 3 aromatic carbocycles. The van der Waals surface area contributed by atoms with Crippen LogP contribution >= 0.6 is 0 Å². The molecule has 3 aromatic rings. The first kappa shape index (κ1) is 23.0. The van der Waals surface area contributed by atoms with Crippen LogP contribution in [0.4, 0.5) is 4.39 Å². The van der Waals surface area contributed by atoms with Gasteiger partial charge in [0.15, 0.2) is 11.5 Å². The van der Waals surface area contributed by atoms with Gasteiger partial charge in [-0.3, -0.25) is 9.59 Å². The molecule has 0 aromatic heterocycles. The number of nitrogens with zero attached hydrogens (tertiary/aromatic N) is 1. The zero-order valence-electron chi connectivity index (χ0n) is 18.8. The maximum Gasteiger partial charge on any atom is 0.295 e. The minimum Gasteiger partial charge on any atom is -0.507 e. The molecule has 1 fully saturated rings. The summed E-state index contributed by atoms with van der Waals surface area (Å²) in [4.78, 5) is 27.5. The number of methoxy groups -OCH3 is 2. The first-order valence-corrected chi connectivity index (χ1v) is 10.7. The smallest absolute Gasteiger partial charge is 0.295 e. The molecule has 1 N–H and O–H groups in total. The van der Waals surface area contributed by atoms with E-state index in [4.69, 9.17) is 9.47 Å². The van der Waals surface area contributed by atoms with E-state index < -0.39 is 23.5 Å². The zero-order chi connectivity index (χ0) is 24.2. The van der Waals surface area contributed by atoms with Gasteiger partial charge in [0, 0.05) is 12.1 Å². The minimum absolute atomic E-state index is 0.0610. The van der Waals surface area contributed by atoms with Gasteiger partial charge in [0.1, 0.15) is 11.6 Å². The lowest BCUT2D eigenvalue weighted by molar-refractivity contribution is -0.139. The van der Waals surface area contributed by atoms with Crippen LogP contribution in [0, 0.1) is 5.82 Å². The standard InChI is InChI=1S/C27H24FNO5/c1-33-21-12-11-17(15-22(21)34-2)13-14-29-24(19-9-6-10-20(28)16-19)23(26(31)27(29)32)25(30)18-7-4-3-5-8-18/h3-12,15-16,24,30H,13-14H2,1-2H3/t24-/m0/s1. The minimum atomic E-state index is -0.920. The summed E-state index contributed by atoms with van der Waals surface area (Å²) in [5, 5.41) is 11.0. The number of likely N-dealkylation sites (tertiary alicyclic amines) is 1. The zero-order valence-corrected chi connectivity index (χ0v) is 18.8. The van der Waals surface area contributed by atoms with E-state index in [-0.39, 0.29) is 17.9 Å². The summed E-state index contributed by atoms with van der Waals surface area (Å²) in [6.07, 6.45) is 0.407. The number of aliphatic hydroxyl groups excluding tert-OH is 1. The Hall–Kier alpha value is -4.13. The summed E-state index contributed by atoms with van der Waals surface area (Å²) in [7, 11) is 3.08. The third-order valence-electron chi connectivity index (χ3n) is 5.84. The van der Waals surface area contributed by atoms with Crippen LogP contribution < -0.4 is 9.47 Å². The molecule has 4 rings (SSSR count). The predicted molar refractivity (Wildman–Crippen MR) is 125 cm³/mol. The number of ketones is 1. The molecule has 0 bridgehead atoms. The first-order chi connectivity index (χ1) is 16.4. The SMILES string of the molecule is COc1ccc(CCN2C(=O)C(=O)C(=C(O)c3ccccc3)[C@@H]2c2cccc(F)c2)cc1OC. The summed E-state index contributed by atoms with van der Waals surface area (Å²) in [6, 6.07) is 18.7. The topological polar surface area (TPSA) is 76.1 Å². The average molecular weight is 461 g/mol. The van der Waals surface area contributed by atoms with Gasteiger partial charge in [0.25, 0.3) is 11.7 Å². The fourth-order valence-electron chi connectivity index (χ4n) is 4.17. The number of hydrogen-bond acceptors (Lipinski definition) is 5. The number of ether oxygens (including phenoxy) is 2. The predicted octanol–water partition coefficient (Wildman–Crippen LogP) is 4.51. The van der Waals surface area contributed by atoms with Gasteiger partial charge in [-0.25, -0.2) is 4.39 Å². The first-order valence-electron chi connectivity index (χ1n) is 10.7. The quantitative estimate of drug-likeness (QED) is 0.318. The van der Waals surface area contributed by atoms with Crippen molar-refractivity contribution in [3.63, 3.8) is 0 Å². The van der Waals surface area contributed by atoms with Crippen LogP contribution in [-0.2, 0) is 16.0 Å². The Labute approximate surface area is 196 Å². The summed E-state index contributed by atoms with van der Waals surface area (Å²) in [5.41, 5.74) is 1.61. The summed E-state index contributed by atoms with van der Waals surface area (Å²) in [6.45, 7) is 0.173. The van der Waals surface area contributed by atoms with Crippen molar-refractivity contribution in [3.05, 3.63) is 101 Å². The molecule has 1 atom stereocenters. The number of amides is 1. The van der Waals surface area contributed by atoms with E-state index in [1.54, 1.807) is 55.6 Å². The van der Waals surface area contributed by atoms with Crippen LogP contribution in [0.2, 0.25) is 0 Å². The van der Waals surface area contributed by atoms with Crippen LogP contribution in [0.1, 0.15) is 22.7 Å². The highest BCUT2D eigenvalue weighted by atomic mass is 19.1. The maximum absolute atomic E-state index is 14.1. The Morgan fingerprint density at radius 3 is 2.35 bits per heavy atom. The van der Waals surface area contributed by atoms with Crippen LogP contribution in [0.5, 0.6) is 11.5 Å². The lowest BCUT2D eigenvalue weighted by Crippen LogP contribution is -2.31. The molecule has 0 radical (unpaired) electrons. The van der Waals surface area contributed by atoms with Crippen molar-refractivity contribution in [2.45, 2.75) is 12.5 Å². The molecule has 1 aliphatic rings. The van der Waals surface area contributed by atoms with Crippen molar-refractivity contribution in [2.24, 2.45) is 0 Å². The maximum atomic E-state index is 14.1. The van der Waals surface area contributed by atoms with Crippen molar-refractivity contribution in [2.75, 3.05) is 20.8 Å². The number of carbonyl (C=O) groups excluding carboxylic acids is 2. The molecular weight excluding hydrogens is 437 g/mol. The van der Waals surface area contributed by atoms with E-state index in [9.17, 15) is 19.1 Å². The van der Waals surface area contributed by atoms with Crippen molar-refractivity contribution >= 4 is 17.4 Å². The van der Waals surface area contributed by atoms with Crippen molar-refractivity contribution in [1.29, 1.82) is 0 Å². The van der Waals surface area contributed by atoms with Gasteiger partial charge >= 0.3 is 0 Å². The molecule has 0 spiro atoms. The van der Waals surface area contributed by atoms with Crippen LogP contribution in [0.3, 0.4) is 0 Å². The number of carbonyl (C=O) groups is 2. The number of halogens is 1. The number of rotatable bonds is 7. The van der Waals surface area contributed by atoms with Gasteiger partial charge in [-0.1, -0.05) is 48.5 Å². The molecule has 34 heavy (non-hydrogen) atoms. The largest absolute Gasteiger partial charge is 0.507 e. The molecule has 7 heteroatoms. The Kier molecular flexibility index (Phi) is 6.63. The molecule has 174 valence electrons. The van der Waals surface area contributed by atoms with Gasteiger partial charge in [-0.05, 0) is 41.8 Å². The van der Waals surface area contributed by atoms with Crippen molar-refractivity contribution in [3.8, 4) is 11.5 Å². The molecule has 6 nitrogen and oxygen atoms in total. The van der Waals surface area contributed by atoms with Gasteiger partial charge < -0.3 is 19.5 Å². The normalized spacial score (nSPS) is 17.1. The Morgan fingerprint density at radius 1 is 0.941 bits per heavy atom. The van der Waals surface area contributed by atoms with E-state index in [1.807, 2.05) is 6.07 Å². The number of hydrogen-bond donors (Lipinski definition) is 1. The van der Waals surface area contributed by atoms with Gasteiger partial charge in [-0.2, -0.15) is 0 Å². The second-order valence-electron chi connectivity index (χ2n) is 7.85. The second-order valence-corrected chi connectivity index (χ2v) is 7.85. The molecular formula is C27H24FNO5. The average Bonchev–Trinajstić information content (AvgIpc) is 3.12. The molecule has 0 aliphatic carbocycles. The summed E-state index contributed by atoms with van der Waals surface area (Å²) in [5.74, 6) is -1.21. The third kappa shape index (κ3) is 4.37. The summed E-state index contributed by atoms with van der Waals surface area (Å²) < 4.78 is 24.7. The molecule has 1 saturated heterocycles. The second kappa shape index (κ2) is 9.79. The Balaban J connectivity index is 1.74. The Morgan fingerprint density at radius 2 is 1.68 bits per heavy atom. The van der Waals surface area contributed by atoms with Gasteiger partial charge in [0.05, 0.1) is 25.8 Å². The van der Waals surface area contributed by atoms with Gasteiger partial charge in [0.2, 0.25) is 0 Å². The van der Waals surface area contributed by atoms with Crippen LogP contribution in [-0.4, -0.2) is 42.5 Å².